The lowest BCUT2D eigenvalue weighted by molar-refractivity contribution is -0.138. The summed E-state index contributed by atoms with van der Waals surface area (Å²) in [5.41, 5.74) is 8.46. The largest absolute Gasteiger partial charge is 0.399 e. The van der Waals surface area contributed by atoms with Gasteiger partial charge in [0.1, 0.15) is 7.11 Å². The van der Waals surface area contributed by atoms with Gasteiger partial charge in [-0.25, -0.2) is 9.97 Å². The minimum absolute atomic E-state index is 0.108. The molecule has 1 amide bonds. The first-order valence-electron chi connectivity index (χ1n) is 10.8. The van der Waals surface area contributed by atoms with E-state index in [1.165, 1.54) is 0 Å². The molecule has 2 fully saturated rings. The van der Waals surface area contributed by atoms with E-state index in [0.29, 0.717) is 11.9 Å². The van der Waals surface area contributed by atoms with Gasteiger partial charge in [-0.3, -0.25) is 14.8 Å². The molecule has 2 aromatic heterocycles. The standard InChI is InChI=1S/C21H30N8O2/c1-31-27-19(18-12-25-26-13-18)16-4-8-29(9-5-16)20(30)17-2-6-28(7-3-17)14-15-10-23-21(22)24-11-15/h10-13,16-17H,2-9,14H2,1H3,(H,25,26)(H2,22,23,24)/b27-19+. The lowest BCUT2D eigenvalue weighted by Crippen LogP contribution is -2.46. The van der Waals surface area contributed by atoms with Crippen molar-refractivity contribution in [2.45, 2.75) is 32.2 Å². The molecule has 0 atom stereocenters. The lowest BCUT2D eigenvalue weighted by Gasteiger charge is -2.37. The summed E-state index contributed by atoms with van der Waals surface area (Å²) in [6.07, 6.45) is 10.7. The van der Waals surface area contributed by atoms with E-state index in [2.05, 4.69) is 30.2 Å². The van der Waals surface area contributed by atoms with E-state index in [4.69, 9.17) is 10.6 Å². The maximum atomic E-state index is 13.1. The van der Waals surface area contributed by atoms with Gasteiger partial charge in [-0.05, 0) is 38.8 Å². The molecular weight excluding hydrogens is 396 g/mol. The molecule has 0 unspecified atom stereocenters. The van der Waals surface area contributed by atoms with Crippen LogP contribution in [0.1, 0.15) is 36.8 Å². The predicted molar refractivity (Wildman–Crippen MR) is 116 cm³/mol. The number of aromatic nitrogens is 4. The van der Waals surface area contributed by atoms with Crippen molar-refractivity contribution in [3.8, 4) is 0 Å². The minimum Gasteiger partial charge on any atom is -0.399 e. The molecule has 166 valence electrons. The van der Waals surface area contributed by atoms with Gasteiger partial charge < -0.3 is 15.5 Å². The van der Waals surface area contributed by atoms with Gasteiger partial charge in [0.15, 0.2) is 0 Å². The highest BCUT2D eigenvalue weighted by Crippen LogP contribution is 2.26. The average molecular weight is 427 g/mol. The summed E-state index contributed by atoms with van der Waals surface area (Å²) in [4.78, 5) is 30.6. The second kappa shape index (κ2) is 9.86. The summed E-state index contributed by atoms with van der Waals surface area (Å²) < 4.78 is 0. The third kappa shape index (κ3) is 5.19. The highest BCUT2D eigenvalue weighted by molar-refractivity contribution is 6.01. The highest BCUT2D eigenvalue weighted by atomic mass is 16.6. The van der Waals surface area contributed by atoms with Crippen molar-refractivity contribution in [2.24, 2.45) is 17.0 Å². The molecule has 2 aliphatic rings. The number of piperidine rings is 2. The number of nitrogens with two attached hydrogens (primary N) is 1. The Bertz CT molecular complexity index is 867. The number of hydrogen-bond donors (Lipinski definition) is 2. The molecule has 0 bridgehead atoms. The van der Waals surface area contributed by atoms with E-state index in [1.54, 1.807) is 25.7 Å². The van der Waals surface area contributed by atoms with Crippen LogP contribution < -0.4 is 5.73 Å². The van der Waals surface area contributed by atoms with Crippen molar-refractivity contribution >= 4 is 17.6 Å². The van der Waals surface area contributed by atoms with Crippen molar-refractivity contribution in [2.75, 3.05) is 39.0 Å². The second-order valence-electron chi connectivity index (χ2n) is 8.25. The van der Waals surface area contributed by atoms with Crippen LogP contribution in [0.4, 0.5) is 5.95 Å². The summed E-state index contributed by atoms with van der Waals surface area (Å²) in [6.45, 7) is 4.12. The summed E-state index contributed by atoms with van der Waals surface area (Å²) in [7, 11) is 1.56. The Morgan fingerprint density at radius 2 is 1.81 bits per heavy atom. The zero-order valence-electron chi connectivity index (χ0n) is 17.9. The number of carbonyl (C=O) groups excluding carboxylic acids is 1. The summed E-state index contributed by atoms with van der Waals surface area (Å²) in [6, 6.07) is 0. The van der Waals surface area contributed by atoms with Crippen LogP contribution in [0.15, 0.2) is 29.9 Å². The Morgan fingerprint density at radius 3 is 2.42 bits per heavy atom. The number of carbonyl (C=O) groups is 1. The maximum absolute atomic E-state index is 13.1. The normalized spacial score (nSPS) is 19.5. The molecule has 2 saturated heterocycles. The van der Waals surface area contributed by atoms with Gasteiger partial charge in [-0.2, -0.15) is 5.10 Å². The first kappa shape index (κ1) is 21.2. The SMILES string of the molecule is CO/N=C(/c1cn[nH]c1)C1CCN(C(=O)C2CCN(Cc3cnc(N)nc3)CC2)CC1. The molecule has 0 aliphatic carbocycles. The number of amides is 1. The summed E-state index contributed by atoms with van der Waals surface area (Å²) >= 11 is 0. The molecule has 0 spiro atoms. The fourth-order valence-corrected chi connectivity index (χ4v) is 4.53. The number of aromatic amines is 1. The Kier molecular flexibility index (Phi) is 6.76. The molecule has 10 nitrogen and oxygen atoms in total. The van der Waals surface area contributed by atoms with Gasteiger partial charge in [-0.15, -0.1) is 0 Å². The fourth-order valence-electron chi connectivity index (χ4n) is 4.53. The van der Waals surface area contributed by atoms with Crippen LogP contribution in [0.5, 0.6) is 0 Å². The number of anilines is 1. The third-order valence-electron chi connectivity index (χ3n) is 6.25. The second-order valence-corrected chi connectivity index (χ2v) is 8.25. The lowest BCUT2D eigenvalue weighted by atomic mass is 9.88. The Labute approximate surface area is 181 Å². The van der Waals surface area contributed by atoms with Gasteiger partial charge >= 0.3 is 0 Å². The first-order chi connectivity index (χ1) is 15.1. The topological polar surface area (TPSA) is 126 Å². The van der Waals surface area contributed by atoms with Gasteiger partial charge in [0, 0.05) is 61.2 Å². The van der Waals surface area contributed by atoms with Crippen LogP contribution in [0.2, 0.25) is 0 Å². The van der Waals surface area contributed by atoms with Crippen molar-refractivity contribution in [1.29, 1.82) is 0 Å². The van der Waals surface area contributed by atoms with E-state index >= 15 is 0 Å². The van der Waals surface area contributed by atoms with Crippen molar-refractivity contribution in [3.05, 3.63) is 35.9 Å². The fraction of sp³-hybridized carbons (Fsp3) is 0.571. The van der Waals surface area contributed by atoms with Crippen LogP contribution >= 0.6 is 0 Å². The van der Waals surface area contributed by atoms with E-state index in [-0.39, 0.29) is 11.8 Å². The van der Waals surface area contributed by atoms with Gasteiger partial charge in [0.2, 0.25) is 11.9 Å². The molecule has 4 heterocycles. The predicted octanol–water partition coefficient (Wildman–Crippen LogP) is 1.28. The Balaban J connectivity index is 1.25. The minimum atomic E-state index is 0.108. The van der Waals surface area contributed by atoms with E-state index in [9.17, 15) is 4.79 Å². The van der Waals surface area contributed by atoms with E-state index < -0.39 is 0 Å². The first-order valence-corrected chi connectivity index (χ1v) is 10.8. The quantitative estimate of drug-likeness (QED) is 0.526. The number of nitrogen functional groups attached to an aromatic ring is 1. The number of nitrogens with zero attached hydrogens (tertiary/aromatic N) is 6. The monoisotopic (exact) mass is 426 g/mol. The van der Waals surface area contributed by atoms with E-state index in [1.807, 2.05) is 11.1 Å². The Hall–Kier alpha value is -3.01. The van der Waals surface area contributed by atoms with Gasteiger partial charge in [-0.1, -0.05) is 5.16 Å². The highest BCUT2D eigenvalue weighted by Gasteiger charge is 2.32. The number of likely N-dealkylation sites (tertiary alicyclic amines) is 2. The van der Waals surface area contributed by atoms with Crippen LogP contribution in [0, 0.1) is 11.8 Å². The van der Waals surface area contributed by atoms with Crippen LogP contribution in [0.25, 0.3) is 0 Å². The average Bonchev–Trinajstić information content (AvgIpc) is 3.34. The molecule has 4 rings (SSSR count). The van der Waals surface area contributed by atoms with Crippen LogP contribution in [-0.2, 0) is 16.2 Å². The molecule has 3 N–H and O–H groups in total. The van der Waals surface area contributed by atoms with Crippen LogP contribution in [0.3, 0.4) is 0 Å². The number of H-pyrrole nitrogens is 1. The van der Waals surface area contributed by atoms with Crippen LogP contribution in [-0.4, -0.2) is 74.9 Å². The van der Waals surface area contributed by atoms with Gasteiger partial charge in [0.05, 0.1) is 11.9 Å². The molecule has 10 heteroatoms. The smallest absolute Gasteiger partial charge is 0.225 e. The third-order valence-corrected chi connectivity index (χ3v) is 6.25. The molecule has 2 aromatic rings. The van der Waals surface area contributed by atoms with Gasteiger partial charge in [0.25, 0.3) is 0 Å². The van der Waals surface area contributed by atoms with Crippen molar-refractivity contribution in [3.63, 3.8) is 0 Å². The molecule has 0 radical (unpaired) electrons. The number of nitrogens with one attached hydrogen (secondary N) is 1. The number of oxime groups is 1. The maximum Gasteiger partial charge on any atom is 0.225 e. The van der Waals surface area contributed by atoms with Crippen molar-refractivity contribution in [1.82, 2.24) is 30.0 Å². The molecule has 0 aromatic carbocycles. The van der Waals surface area contributed by atoms with Crippen molar-refractivity contribution < 1.29 is 9.63 Å². The molecule has 2 aliphatic heterocycles. The molecule has 0 saturated carbocycles. The number of hydrogen-bond acceptors (Lipinski definition) is 8. The Morgan fingerprint density at radius 1 is 1.13 bits per heavy atom. The molecular formula is C21H30N8O2. The number of rotatable bonds is 6. The zero-order chi connectivity index (χ0) is 21.6. The summed E-state index contributed by atoms with van der Waals surface area (Å²) in [5, 5.41) is 11.1. The summed E-state index contributed by atoms with van der Waals surface area (Å²) in [5.74, 6) is 0.965. The van der Waals surface area contributed by atoms with E-state index in [0.717, 1.165) is 75.2 Å². The zero-order valence-corrected chi connectivity index (χ0v) is 17.9. The molecule has 31 heavy (non-hydrogen) atoms.